The molecule has 114 valence electrons. The number of nitrogens with zero attached hydrogens (tertiary/aromatic N) is 1. The molecule has 0 aromatic heterocycles. The number of hydrogen-bond donors (Lipinski definition) is 2. The van der Waals surface area contributed by atoms with Crippen LogP contribution in [0.4, 0.5) is 10.5 Å². The minimum atomic E-state index is -0.376. The molecule has 1 aliphatic heterocycles. The molecule has 3 rings (SSSR count). The maximum atomic E-state index is 12.5. The fourth-order valence-corrected chi connectivity index (χ4v) is 3.76. The molecule has 1 aromatic rings. The first-order valence-corrected chi connectivity index (χ1v) is 8.05. The lowest BCUT2D eigenvalue weighted by atomic mass is 9.83. The highest BCUT2D eigenvalue weighted by molar-refractivity contribution is 5.89. The summed E-state index contributed by atoms with van der Waals surface area (Å²) in [4.78, 5) is 14.4. The number of urea groups is 1. The van der Waals surface area contributed by atoms with E-state index in [1.165, 1.54) is 32.1 Å². The van der Waals surface area contributed by atoms with Crippen molar-refractivity contribution in [3.8, 4) is 0 Å². The van der Waals surface area contributed by atoms with Gasteiger partial charge < -0.3 is 15.3 Å². The van der Waals surface area contributed by atoms with Gasteiger partial charge in [-0.3, -0.25) is 0 Å². The molecule has 2 N–H and O–H groups in total. The van der Waals surface area contributed by atoms with Gasteiger partial charge in [0.25, 0.3) is 0 Å². The molecule has 0 unspecified atom stereocenters. The molecule has 0 radical (unpaired) electrons. The van der Waals surface area contributed by atoms with Gasteiger partial charge in [0.05, 0.1) is 6.10 Å². The molecule has 0 spiro atoms. The van der Waals surface area contributed by atoms with Crippen molar-refractivity contribution in [2.75, 3.05) is 11.9 Å². The Kier molecular flexibility index (Phi) is 4.44. The lowest BCUT2D eigenvalue weighted by Crippen LogP contribution is -2.43. The molecule has 1 saturated carbocycles. The van der Waals surface area contributed by atoms with Gasteiger partial charge in [0.15, 0.2) is 0 Å². The van der Waals surface area contributed by atoms with Crippen molar-refractivity contribution in [1.82, 2.24) is 4.90 Å². The van der Waals surface area contributed by atoms with Crippen LogP contribution in [0.2, 0.25) is 0 Å². The number of nitrogens with one attached hydrogen (secondary N) is 1. The first-order chi connectivity index (χ1) is 10.2. The minimum Gasteiger partial charge on any atom is -0.391 e. The monoisotopic (exact) mass is 288 g/mol. The summed E-state index contributed by atoms with van der Waals surface area (Å²) in [7, 11) is 0. The molecule has 2 aliphatic rings. The third-order valence-electron chi connectivity index (χ3n) is 4.80. The lowest BCUT2D eigenvalue weighted by Gasteiger charge is -2.33. The van der Waals surface area contributed by atoms with E-state index >= 15 is 0 Å². The summed E-state index contributed by atoms with van der Waals surface area (Å²) >= 11 is 0. The van der Waals surface area contributed by atoms with Gasteiger partial charge in [0.2, 0.25) is 0 Å². The van der Waals surface area contributed by atoms with Crippen LogP contribution in [-0.2, 0) is 0 Å². The van der Waals surface area contributed by atoms with Crippen LogP contribution in [0, 0.1) is 5.92 Å². The van der Waals surface area contributed by atoms with Crippen LogP contribution in [0.3, 0.4) is 0 Å². The van der Waals surface area contributed by atoms with Crippen LogP contribution in [-0.4, -0.2) is 34.7 Å². The Morgan fingerprint density at radius 2 is 1.86 bits per heavy atom. The molecule has 4 heteroatoms. The van der Waals surface area contributed by atoms with Gasteiger partial charge in [0.1, 0.15) is 0 Å². The number of aliphatic hydroxyl groups excluding tert-OH is 1. The summed E-state index contributed by atoms with van der Waals surface area (Å²) in [5.41, 5.74) is 0.811. The van der Waals surface area contributed by atoms with Gasteiger partial charge in [-0.05, 0) is 37.3 Å². The SMILES string of the molecule is O=C(Nc1ccccc1)N1C[C@H](O)C[C@@H]1C1CCCCC1. The summed E-state index contributed by atoms with van der Waals surface area (Å²) < 4.78 is 0. The predicted molar refractivity (Wildman–Crippen MR) is 83.2 cm³/mol. The largest absolute Gasteiger partial charge is 0.391 e. The Labute approximate surface area is 126 Å². The molecule has 1 heterocycles. The van der Waals surface area contributed by atoms with Gasteiger partial charge in [-0.25, -0.2) is 4.79 Å². The zero-order chi connectivity index (χ0) is 14.7. The van der Waals surface area contributed by atoms with Gasteiger partial charge in [-0.1, -0.05) is 37.5 Å². The zero-order valence-corrected chi connectivity index (χ0v) is 12.4. The number of para-hydroxylation sites is 1. The molecule has 2 fully saturated rings. The molecule has 1 saturated heterocycles. The van der Waals surface area contributed by atoms with E-state index in [-0.39, 0.29) is 18.2 Å². The summed E-state index contributed by atoms with van der Waals surface area (Å²) in [6, 6.07) is 9.65. The molecular weight excluding hydrogens is 264 g/mol. The number of benzene rings is 1. The van der Waals surface area contributed by atoms with Crippen LogP contribution in [0.15, 0.2) is 30.3 Å². The van der Waals surface area contributed by atoms with Crippen molar-refractivity contribution in [2.45, 2.75) is 50.7 Å². The van der Waals surface area contributed by atoms with E-state index in [0.717, 1.165) is 12.1 Å². The topological polar surface area (TPSA) is 52.6 Å². The van der Waals surface area contributed by atoms with Crippen molar-refractivity contribution < 1.29 is 9.90 Å². The molecular formula is C17H24N2O2. The van der Waals surface area contributed by atoms with Crippen molar-refractivity contribution in [3.05, 3.63) is 30.3 Å². The summed E-state index contributed by atoms with van der Waals surface area (Å²) in [6.07, 6.45) is 6.54. The number of carbonyl (C=O) groups excluding carboxylic acids is 1. The number of aliphatic hydroxyl groups is 1. The van der Waals surface area contributed by atoms with E-state index in [1.807, 2.05) is 35.2 Å². The second kappa shape index (κ2) is 6.48. The van der Waals surface area contributed by atoms with Crippen molar-refractivity contribution in [1.29, 1.82) is 0 Å². The van der Waals surface area contributed by atoms with Gasteiger partial charge >= 0.3 is 6.03 Å². The Morgan fingerprint density at radius 1 is 1.14 bits per heavy atom. The van der Waals surface area contributed by atoms with Gasteiger partial charge in [0, 0.05) is 18.3 Å². The Balaban J connectivity index is 1.67. The van der Waals surface area contributed by atoms with E-state index in [1.54, 1.807) is 0 Å². The number of rotatable bonds is 2. The Hall–Kier alpha value is -1.55. The molecule has 2 amide bonds. The van der Waals surface area contributed by atoms with E-state index in [4.69, 9.17) is 0 Å². The quantitative estimate of drug-likeness (QED) is 0.878. The zero-order valence-electron chi connectivity index (χ0n) is 12.4. The minimum absolute atomic E-state index is 0.0756. The number of amides is 2. The van der Waals surface area contributed by atoms with Gasteiger partial charge in [-0.2, -0.15) is 0 Å². The van der Waals surface area contributed by atoms with Crippen LogP contribution in [0.1, 0.15) is 38.5 Å². The lowest BCUT2D eigenvalue weighted by molar-refractivity contribution is 0.164. The molecule has 1 aliphatic carbocycles. The Bertz CT molecular complexity index is 471. The fraction of sp³-hybridized carbons (Fsp3) is 0.588. The highest BCUT2D eigenvalue weighted by Crippen LogP contribution is 2.34. The first kappa shape index (κ1) is 14.4. The second-order valence-corrected chi connectivity index (χ2v) is 6.30. The number of hydrogen-bond acceptors (Lipinski definition) is 2. The first-order valence-electron chi connectivity index (χ1n) is 8.05. The molecule has 1 aromatic carbocycles. The van der Waals surface area contributed by atoms with Crippen molar-refractivity contribution in [3.63, 3.8) is 0 Å². The normalized spacial score (nSPS) is 26.8. The van der Waals surface area contributed by atoms with E-state index < -0.39 is 0 Å². The smallest absolute Gasteiger partial charge is 0.322 e. The summed E-state index contributed by atoms with van der Waals surface area (Å²) in [5.74, 6) is 0.553. The van der Waals surface area contributed by atoms with Crippen molar-refractivity contribution in [2.24, 2.45) is 5.92 Å². The Morgan fingerprint density at radius 3 is 2.57 bits per heavy atom. The highest BCUT2D eigenvalue weighted by atomic mass is 16.3. The van der Waals surface area contributed by atoms with Crippen LogP contribution in [0.5, 0.6) is 0 Å². The number of carbonyl (C=O) groups is 1. The van der Waals surface area contributed by atoms with E-state index in [2.05, 4.69) is 5.32 Å². The van der Waals surface area contributed by atoms with E-state index in [9.17, 15) is 9.90 Å². The maximum absolute atomic E-state index is 12.5. The number of β-amino-alcohol motifs (C(OH)–C–C–N with tert-alkyl or cyclic N) is 1. The highest BCUT2D eigenvalue weighted by Gasteiger charge is 2.39. The van der Waals surface area contributed by atoms with Crippen LogP contribution >= 0.6 is 0 Å². The molecule has 2 atom stereocenters. The average Bonchev–Trinajstić information content (AvgIpc) is 2.91. The second-order valence-electron chi connectivity index (χ2n) is 6.30. The predicted octanol–water partition coefficient (Wildman–Crippen LogP) is 3.23. The number of anilines is 1. The third-order valence-corrected chi connectivity index (χ3v) is 4.80. The van der Waals surface area contributed by atoms with Crippen molar-refractivity contribution >= 4 is 11.7 Å². The van der Waals surface area contributed by atoms with Gasteiger partial charge in [-0.15, -0.1) is 0 Å². The molecule has 0 bridgehead atoms. The van der Waals surface area contributed by atoms with Crippen LogP contribution < -0.4 is 5.32 Å². The maximum Gasteiger partial charge on any atom is 0.322 e. The summed E-state index contributed by atoms with van der Waals surface area (Å²) in [5, 5.41) is 12.9. The summed E-state index contributed by atoms with van der Waals surface area (Å²) in [6.45, 7) is 0.458. The van der Waals surface area contributed by atoms with E-state index in [0.29, 0.717) is 12.5 Å². The fourth-order valence-electron chi connectivity index (χ4n) is 3.76. The number of likely N-dealkylation sites (tertiary alicyclic amines) is 1. The third kappa shape index (κ3) is 3.38. The van der Waals surface area contributed by atoms with Crippen LogP contribution in [0.25, 0.3) is 0 Å². The standard InChI is InChI=1S/C17H24N2O2/c20-15-11-16(13-7-3-1-4-8-13)19(12-15)17(21)18-14-9-5-2-6-10-14/h2,5-6,9-10,13,15-16,20H,1,3-4,7-8,11-12H2,(H,18,21)/t15-,16-/m1/s1. The molecule has 4 nitrogen and oxygen atoms in total. The molecule has 21 heavy (non-hydrogen) atoms. The average molecular weight is 288 g/mol.